The average molecular weight is 556 g/mol. The highest BCUT2D eigenvalue weighted by atomic mass is 16.5. The third-order valence-corrected chi connectivity index (χ3v) is 6.02. The normalized spacial score (nSPS) is 13.0. The molecule has 0 aliphatic carbocycles. The van der Waals surface area contributed by atoms with Gasteiger partial charge in [0, 0.05) is 23.8 Å². The van der Waals surface area contributed by atoms with Crippen LogP contribution in [0.25, 0.3) is 28.4 Å². The zero-order valence-corrected chi connectivity index (χ0v) is 20.8. The molecule has 1 aromatic heterocycles. The molecule has 0 bridgehead atoms. The molecule has 4 aromatic carbocycles. The fraction of sp³-hybridized carbons (Fsp3) is 0. The number of ether oxygens (including phenoxy) is 1. The lowest BCUT2D eigenvalue weighted by Gasteiger charge is -2.07. The Morgan fingerprint density at radius 1 is 0.634 bits per heavy atom. The van der Waals surface area contributed by atoms with Crippen molar-refractivity contribution in [3.8, 4) is 57.3 Å². The van der Waals surface area contributed by atoms with E-state index in [4.69, 9.17) is 9.15 Å². The number of ketones is 1. The molecule has 0 radical (unpaired) electrons. The molecule has 206 valence electrons. The Kier molecular flexibility index (Phi) is 6.61. The Bertz CT molecular complexity index is 1920. The molecule has 0 saturated carbocycles. The van der Waals surface area contributed by atoms with Crippen molar-refractivity contribution in [2.45, 2.75) is 0 Å². The number of hydrogen-bond donors (Lipinski definition) is 7. The maximum absolute atomic E-state index is 12.1. The summed E-state index contributed by atoms with van der Waals surface area (Å²) in [6.45, 7) is 0. The van der Waals surface area contributed by atoms with Gasteiger partial charge in [0.2, 0.25) is 17.0 Å². The van der Waals surface area contributed by atoms with Gasteiger partial charge in [-0.1, -0.05) is 6.07 Å². The minimum absolute atomic E-state index is 0.0140. The predicted octanol–water partition coefficient (Wildman–Crippen LogP) is 4.70. The first-order valence-electron chi connectivity index (χ1n) is 11.8. The zero-order chi connectivity index (χ0) is 29.4. The van der Waals surface area contributed by atoms with E-state index in [-0.39, 0.29) is 57.0 Å². The molecule has 0 atom stereocenters. The number of hydrogen-bond acceptors (Lipinski definition) is 11. The third-order valence-electron chi connectivity index (χ3n) is 6.02. The van der Waals surface area contributed by atoms with E-state index in [9.17, 15) is 45.3 Å². The van der Waals surface area contributed by atoms with Crippen LogP contribution >= 0.6 is 0 Å². The largest absolute Gasteiger partial charge is 0.508 e. The van der Waals surface area contributed by atoms with Gasteiger partial charge in [0.05, 0.1) is 5.56 Å². The van der Waals surface area contributed by atoms with Gasteiger partial charge in [-0.15, -0.1) is 0 Å². The van der Waals surface area contributed by atoms with Gasteiger partial charge in [-0.2, -0.15) is 0 Å². The second-order valence-corrected chi connectivity index (χ2v) is 8.86. The number of phenols is 6. The van der Waals surface area contributed by atoms with Gasteiger partial charge in [0.1, 0.15) is 39.7 Å². The molecular formula is C30H20O11. The summed E-state index contributed by atoms with van der Waals surface area (Å²) in [6.07, 6.45) is 1.46. The molecule has 0 fully saturated rings. The van der Waals surface area contributed by atoms with Crippen molar-refractivity contribution in [2.24, 2.45) is 0 Å². The van der Waals surface area contributed by atoms with E-state index in [1.54, 1.807) is 6.07 Å². The summed E-state index contributed by atoms with van der Waals surface area (Å²) in [5, 5.41) is 66.1. The van der Waals surface area contributed by atoms with Crippen LogP contribution in [0.2, 0.25) is 0 Å². The predicted molar refractivity (Wildman–Crippen MR) is 145 cm³/mol. The van der Waals surface area contributed by atoms with Crippen LogP contribution in [-0.2, 0) is 0 Å². The van der Waals surface area contributed by atoms with Gasteiger partial charge in [-0.05, 0) is 60.2 Å². The van der Waals surface area contributed by atoms with Gasteiger partial charge >= 0.3 is 0 Å². The van der Waals surface area contributed by atoms with Crippen molar-refractivity contribution in [3.63, 3.8) is 0 Å². The Morgan fingerprint density at radius 2 is 1.34 bits per heavy atom. The van der Waals surface area contributed by atoms with Crippen LogP contribution in [-0.4, -0.2) is 41.5 Å². The number of carbonyl (C=O) groups excluding carboxylic acids is 1. The standard InChI is InChI=1S/C15H10O6.C15H10O5/c16-8-3-1-7(2-4-8)15-14(20)13(19)12-10(18)5-9(17)6-11(12)21-15;16-9-2-3-10-13(7-9)20-14(15(10)19)6-8-1-4-11(17)12(18)5-8/h1-6,16-18,20H;1-7,16-18H/b;14-6+. The molecule has 0 unspecified atom stereocenters. The molecule has 6 rings (SSSR count). The first kappa shape index (κ1) is 26.5. The van der Waals surface area contributed by atoms with Crippen LogP contribution in [0, 0.1) is 0 Å². The van der Waals surface area contributed by atoms with Gasteiger partial charge < -0.3 is 44.9 Å². The van der Waals surface area contributed by atoms with Crippen molar-refractivity contribution in [1.29, 1.82) is 0 Å². The number of carbonyl (C=O) groups is 1. The smallest absolute Gasteiger partial charge is 0.238 e. The molecular weight excluding hydrogens is 536 g/mol. The SMILES string of the molecule is O=C1/C(=C\c2ccc(O)c(O)c2)Oc2cc(O)ccc21.O=c1c(O)c(-c2ccc(O)cc2)oc2cc(O)cc(O)c12. The van der Waals surface area contributed by atoms with Gasteiger partial charge in [-0.25, -0.2) is 0 Å². The number of benzene rings is 4. The summed E-state index contributed by atoms with van der Waals surface area (Å²) in [7, 11) is 0. The van der Waals surface area contributed by atoms with Crippen LogP contribution in [0.1, 0.15) is 15.9 Å². The Labute approximate surface area is 229 Å². The number of aromatic hydroxyl groups is 7. The highest BCUT2D eigenvalue weighted by Gasteiger charge is 2.27. The second kappa shape index (κ2) is 10.2. The topological polar surface area (TPSA) is 198 Å². The summed E-state index contributed by atoms with van der Waals surface area (Å²) in [6, 6.07) is 16.3. The molecule has 1 aliphatic rings. The minimum atomic E-state index is -0.808. The molecule has 0 spiro atoms. The van der Waals surface area contributed by atoms with Gasteiger partial charge in [0.25, 0.3) is 0 Å². The minimum Gasteiger partial charge on any atom is -0.508 e. The number of allylic oxidation sites excluding steroid dienone is 1. The Hall–Kier alpha value is -6.10. The lowest BCUT2D eigenvalue weighted by molar-refractivity contribution is 0.101. The lowest BCUT2D eigenvalue weighted by Crippen LogP contribution is -2.02. The van der Waals surface area contributed by atoms with Crippen LogP contribution < -0.4 is 10.2 Å². The van der Waals surface area contributed by atoms with E-state index in [0.29, 0.717) is 22.4 Å². The van der Waals surface area contributed by atoms with E-state index in [1.807, 2.05) is 0 Å². The Balaban J connectivity index is 0.000000165. The number of Topliss-reactive ketones (excluding diaryl/α,β-unsaturated/α-hetero) is 1. The molecule has 11 heteroatoms. The zero-order valence-electron chi connectivity index (χ0n) is 20.8. The van der Waals surface area contributed by atoms with Crippen molar-refractivity contribution in [3.05, 3.63) is 99.9 Å². The molecule has 5 aromatic rings. The summed E-state index contributed by atoms with van der Waals surface area (Å²) >= 11 is 0. The van der Waals surface area contributed by atoms with Crippen LogP contribution in [0.15, 0.2) is 87.8 Å². The molecule has 11 nitrogen and oxygen atoms in total. The van der Waals surface area contributed by atoms with E-state index in [1.165, 1.54) is 66.7 Å². The highest BCUT2D eigenvalue weighted by molar-refractivity contribution is 6.14. The van der Waals surface area contributed by atoms with E-state index in [2.05, 4.69) is 0 Å². The molecule has 41 heavy (non-hydrogen) atoms. The van der Waals surface area contributed by atoms with Crippen molar-refractivity contribution in [2.75, 3.05) is 0 Å². The monoisotopic (exact) mass is 556 g/mol. The summed E-state index contributed by atoms with van der Waals surface area (Å²) in [5.74, 6) is -1.91. The first-order valence-corrected chi connectivity index (χ1v) is 11.8. The van der Waals surface area contributed by atoms with Crippen molar-refractivity contribution >= 4 is 22.8 Å². The van der Waals surface area contributed by atoms with Crippen LogP contribution in [0.3, 0.4) is 0 Å². The first-order chi connectivity index (χ1) is 19.5. The maximum Gasteiger partial charge on any atom is 0.238 e. The van der Waals surface area contributed by atoms with Gasteiger partial charge in [-0.3, -0.25) is 9.59 Å². The fourth-order valence-corrected chi connectivity index (χ4v) is 4.04. The van der Waals surface area contributed by atoms with Crippen LogP contribution in [0.4, 0.5) is 0 Å². The van der Waals surface area contributed by atoms with E-state index in [0.717, 1.165) is 6.07 Å². The maximum atomic E-state index is 12.1. The fourth-order valence-electron chi connectivity index (χ4n) is 4.04. The molecule has 2 heterocycles. The highest BCUT2D eigenvalue weighted by Crippen LogP contribution is 2.36. The van der Waals surface area contributed by atoms with Gasteiger partial charge in [0.15, 0.2) is 23.0 Å². The number of fused-ring (bicyclic) bond motifs is 2. The van der Waals surface area contributed by atoms with E-state index >= 15 is 0 Å². The number of phenolic OH excluding ortho intramolecular Hbond substituents is 6. The molecule has 0 amide bonds. The lowest BCUT2D eigenvalue weighted by atomic mass is 10.1. The molecule has 7 N–H and O–H groups in total. The molecule has 0 saturated heterocycles. The molecule has 1 aliphatic heterocycles. The summed E-state index contributed by atoms with van der Waals surface area (Å²) in [4.78, 5) is 24.2. The third kappa shape index (κ3) is 5.14. The summed E-state index contributed by atoms with van der Waals surface area (Å²) in [5.41, 5.74) is 0.389. The van der Waals surface area contributed by atoms with Crippen molar-refractivity contribution in [1.82, 2.24) is 0 Å². The second-order valence-electron chi connectivity index (χ2n) is 8.86. The van der Waals surface area contributed by atoms with Crippen molar-refractivity contribution < 1.29 is 49.7 Å². The Morgan fingerprint density at radius 3 is 2.05 bits per heavy atom. The van der Waals surface area contributed by atoms with E-state index < -0.39 is 16.9 Å². The quantitative estimate of drug-likeness (QED) is 0.117. The summed E-state index contributed by atoms with van der Waals surface area (Å²) < 4.78 is 10.8. The average Bonchev–Trinajstić information content (AvgIpc) is 3.22. The number of rotatable bonds is 2. The van der Waals surface area contributed by atoms with Crippen LogP contribution in [0.5, 0.6) is 46.0 Å².